The number of para-hydroxylation sites is 1. The number of anilines is 2. The van der Waals surface area contributed by atoms with Gasteiger partial charge in [-0.3, -0.25) is 4.99 Å². The molecule has 0 amide bonds. The Morgan fingerprint density at radius 1 is 1.12 bits per heavy atom. The van der Waals surface area contributed by atoms with Crippen LogP contribution in [0.4, 0.5) is 15.9 Å². The second kappa shape index (κ2) is 11.5. The molecule has 0 aliphatic carbocycles. The largest absolute Gasteiger partial charge is 0.371 e. The number of nitrogens with one attached hydrogen (secondary N) is 2. The van der Waals surface area contributed by atoms with Crippen molar-refractivity contribution in [3.8, 4) is 0 Å². The fourth-order valence-electron chi connectivity index (χ4n) is 4.13. The van der Waals surface area contributed by atoms with Crippen molar-refractivity contribution in [3.63, 3.8) is 0 Å². The number of hydrogen-bond donors (Lipinski definition) is 2. The Kier molecular flexibility index (Phi) is 8.71. The molecular weight excluding hydrogens is 530 g/mol. The highest BCUT2D eigenvalue weighted by Gasteiger charge is 2.20. The molecule has 4 rings (SSSR count). The van der Waals surface area contributed by atoms with E-state index in [1.165, 1.54) is 11.6 Å². The normalized spacial score (nSPS) is 14.7. The number of benzene rings is 2. The third-order valence-corrected chi connectivity index (χ3v) is 5.93. The van der Waals surface area contributed by atoms with Crippen LogP contribution < -0.4 is 20.4 Å². The number of halogens is 2. The lowest BCUT2D eigenvalue weighted by atomic mass is 10.0. The van der Waals surface area contributed by atoms with Crippen LogP contribution in [0, 0.1) is 5.82 Å². The molecule has 1 aliphatic heterocycles. The van der Waals surface area contributed by atoms with Gasteiger partial charge in [-0.2, -0.15) is 0 Å². The first-order valence-electron chi connectivity index (χ1n) is 11.1. The zero-order valence-electron chi connectivity index (χ0n) is 19.4. The number of piperidine rings is 1. The number of fused-ring (bicyclic) bond motifs is 1. The number of nitrogens with zero attached hydrogens (tertiary/aromatic N) is 4. The van der Waals surface area contributed by atoms with E-state index in [1.807, 2.05) is 43.3 Å². The maximum atomic E-state index is 13.5. The van der Waals surface area contributed by atoms with E-state index in [-0.39, 0.29) is 29.8 Å². The Balaban J connectivity index is 0.00000306. The number of guanidine groups is 1. The van der Waals surface area contributed by atoms with Crippen LogP contribution in [0.5, 0.6) is 0 Å². The Morgan fingerprint density at radius 3 is 2.58 bits per heavy atom. The van der Waals surface area contributed by atoms with E-state index in [0.29, 0.717) is 12.6 Å². The summed E-state index contributed by atoms with van der Waals surface area (Å²) in [5.41, 5.74) is 3.12. The third-order valence-electron chi connectivity index (χ3n) is 5.93. The SMILES string of the molecule is CN=C(NCc1cc(N(C)C)nc2ccccc12)NC1CCN(c2cccc(F)c2)CC1.I. The second-order valence-electron chi connectivity index (χ2n) is 8.36. The monoisotopic (exact) mass is 562 g/mol. The summed E-state index contributed by atoms with van der Waals surface area (Å²) in [4.78, 5) is 13.4. The maximum absolute atomic E-state index is 13.5. The molecule has 1 aliphatic rings. The molecule has 1 fully saturated rings. The first-order chi connectivity index (χ1) is 15.5. The molecule has 0 bridgehead atoms. The van der Waals surface area contributed by atoms with Gasteiger partial charge in [0.05, 0.1) is 5.52 Å². The summed E-state index contributed by atoms with van der Waals surface area (Å²) < 4.78 is 13.5. The van der Waals surface area contributed by atoms with Crippen LogP contribution in [0.3, 0.4) is 0 Å². The topological polar surface area (TPSA) is 55.8 Å². The van der Waals surface area contributed by atoms with Crippen LogP contribution in [0.1, 0.15) is 18.4 Å². The molecule has 0 saturated carbocycles. The van der Waals surface area contributed by atoms with Crippen LogP contribution >= 0.6 is 24.0 Å². The number of aliphatic imine (C=N–C) groups is 1. The molecule has 0 atom stereocenters. The van der Waals surface area contributed by atoms with Gasteiger partial charge in [0, 0.05) is 57.9 Å². The number of pyridine rings is 1. The molecule has 0 radical (unpaired) electrons. The molecule has 1 aromatic heterocycles. The number of aromatic nitrogens is 1. The van der Waals surface area contributed by atoms with Crippen LogP contribution in [0.15, 0.2) is 59.6 Å². The zero-order valence-corrected chi connectivity index (χ0v) is 21.7. The summed E-state index contributed by atoms with van der Waals surface area (Å²) in [5.74, 6) is 1.54. The van der Waals surface area contributed by atoms with Gasteiger partial charge >= 0.3 is 0 Å². The first-order valence-corrected chi connectivity index (χ1v) is 11.1. The van der Waals surface area contributed by atoms with Gasteiger partial charge in [-0.05, 0) is 48.7 Å². The van der Waals surface area contributed by atoms with Gasteiger partial charge in [-0.15, -0.1) is 24.0 Å². The summed E-state index contributed by atoms with van der Waals surface area (Å²) in [5, 5.41) is 8.17. The predicted octanol–water partition coefficient (Wildman–Crippen LogP) is 4.39. The molecule has 2 aromatic carbocycles. The molecule has 176 valence electrons. The highest BCUT2D eigenvalue weighted by molar-refractivity contribution is 14.0. The molecule has 8 heteroatoms. The Labute approximate surface area is 212 Å². The van der Waals surface area contributed by atoms with E-state index < -0.39 is 0 Å². The second-order valence-corrected chi connectivity index (χ2v) is 8.36. The molecule has 6 nitrogen and oxygen atoms in total. The van der Waals surface area contributed by atoms with E-state index in [1.54, 1.807) is 19.2 Å². The Morgan fingerprint density at radius 2 is 1.88 bits per heavy atom. The van der Waals surface area contributed by atoms with E-state index in [2.05, 4.69) is 32.7 Å². The van der Waals surface area contributed by atoms with Gasteiger partial charge in [-0.25, -0.2) is 9.37 Å². The molecule has 3 aromatic rings. The van der Waals surface area contributed by atoms with Crippen LogP contribution in [-0.2, 0) is 6.54 Å². The van der Waals surface area contributed by atoms with E-state index >= 15 is 0 Å². The minimum Gasteiger partial charge on any atom is -0.371 e. The van der Waals surface area contributed by atoms with Crippen molar-refractivity contribution in [3.05, 3.63) is 66.0 Å². The lowest BCUT2D eigenvalue weighted by Crippen LogP contribution is -2.48. The zero-order chi connectivity index (χ0) is 22.5. The minimum absolute atomic E-state index is 0. The number of rotatable bonds is 5. The molecular formula is C25H32FIN6. The van der Waals surface area contributed by atoms with E-state index in [0.717, 1.165) is 54.3 Å². The minimum atomic E-state index is -0.187. The van der Waals surface area contributed by atoms with Crippen molar-refractivity contribution < 1.29 is 4.39 Å². The van der Waals surface area contributed by atoms with E-state index in [9.17, 15) is 4.39 Å². The quantitative estimate of drug-likeness (QED) is 0.275. The molecule has 2 heterocycles. The van der Waals surface area contributed by atoms with Crippen molar-refractivity contribution in [1.82, 2.24) is 15.6 Å². The summed E-state index contributed by atoms with van der Waals surface area (Å²) in [6.45, 7) is 2.43. The Bertz CT molecular complexity index is 1100. The fourth-order valence-corrected chi connectivity index (χ4v) is 4.13. The van der Waals surface area contributed by atoms with Gasteiger partial charge in [0.1, 0.15) is 11.6 Å². The highest BCUT2D eigenvalue weighted by atomic mass is 127. The summed E-state index contributed by atoms with van der Waals surface area (Å²) in [6.07, 6.45) is 1.94. The third kappa shape index (κ3) is 6.25. The first kappa shape index (κ1) is 25.0. The number of hydrogen-bond acceptors (Lipinski definition) is 4. The van der Waals surface area contributed by atoms with Crippen molar-refractivity contribution in [2.24, 2.45) is 4.99 Å². The fraction of sp³-hybridized carbons (Fsp3) is 0.360. The molecule has 1 saturated heterocycles. The van der Waals surface area contributed by atoms with Crippen LogP contribution in [-0.4, -0.2) is 51.2 Å². The maximum Gasteiger partial charge on any atom is 0.191 e. The Hall–Kier alpha value is -2.62. The van der Waals surface area contributed by atoms with Gasteiger partial charge in [0.2, 0.25) is 0 Å². The van der Waals surface area contributed by atoms with Crippen molar-refractivity contribution in [1.29, 1.82) is 0 Å². The highest BCUT2D eigenvalue weighted by Crippen LogP contribution is 2.23. The predicted molar refractivity (Wildman–Crippen MR) is 146 cm³/mol. The average Bonchev–Trinajstić information content (AvgIpc) is 2.81. The molecule has 2 N–H and O–H groups in total. The van der Waals surface area contributed by atoms with Crippen molar-refractivity contribution >= 4 is 52.3 Å². The van der Waals surface area contributed by atoms with Crippen molar-refractivity contribution in [2.45, 2.75) is 25.4 Å². The van der Waals surface area contributed by atoms with Gasteiger partial charge in [0.15, 0.2) is 5.96 Å². The lowest BCUT2D eigenvalue weighted by molar-refractivity contribution is 0.461. The molecule has 0 spiro atoms. The van der Waals surface area contributed by atoms with Crippen LogP contribution in [0.2, 0.25) is 0 Å². The van der Waals surface area contributed by atoms with Crippen LogP contribution in [0.25, 0.3) is 10.9 Å². The summed E-state index contributed by atoms with van der Waals surface area (Å²) >= 11 is 0. The van der Waals surface area contributed by atoms with Gasteiger partial charge < -0.3 is 20.4 Å². The molecule has 0 unspecified atom stereocenters. The smallest absolute Gasteiger partial charge is 0.191 e. The van der Waals surface area contributed by atoms with E-state index in [4.69, 9.17) is 4.98 Å². The summed E-state index contributed by atoms with van der Waals surface area (Å²) in [6, 6.07) is 17.5. The van der Waals surface area contributed by atoms with Gasteiger partial charge in [-0.1, -0.05) is 24.3 Å². The standard InChI is InChI=1S/C25H31FN6.HI/c1-27-25(29-20-11-13-32(14-12-20)21-8-6-7-19(26)16-21)28-17-18-15-24(31(2)3)30-23-10-5-4-9-22(18)23;/h4-10,15-16,20H,11-14,17H2,1-3H3,(H2,27,28,29);1H. The van der Waals surface area contributed by atoms with Gasteiger partial charge in [0.25, 0.3) is 0 Å². The summed E-state index contributed by atoms with van der Waals surface area (Å²) in [7, 11) is 5.81. The lowest BCUT2D eigenvalue weighted by Gasteiger charge is -2.34. The van der Waals surface area contributed by atoms with Crippen molar-refractivity contribution in [2.75, 3.05) is 44.0 Å². The average molecular weight is 562 g/mol. The molecule has 33 heavy (non-hydrogen) atoms.